The minimum absolute atomic E-state index is 0.0535. The highest BCUT2D eigenvalue weighted by molar-refractivity contribution is 7.90. The lowest BCUT2D eigenvalue weighted by Crippen LogP contribution is -2.30. The molecule has 212 valence electrons. The van der Waals surface area contributed by atoms with Gasteiger partial charge in [-0.2, -0.15) is 26.7 Å². The van der Waals surface area contributed by atoms with Crippen molar-refractivity contribution in [2.24, 2.45) is 0 Å². The van der Waals surface area contributed by atoms with E-state index in [1.165, 1.54) is 47.5 Å². The molecule has 0 radical (unpaired) electrons. The van der Waals surface area contributed by atoms with Crippen LogP contribution in [0.3, 0.4) is 0 Å². The van der Waals surface area contributed by atoms with E-state index in [1.807, 2.05) is 0 Å². The summed E-state index contributed by atoms with van der Waals surface area (Å²) in [6.07, 6.45) is 4.89. The predicted octanol–water partition coefficient (Wildman–Crippen LogP) is 3.47. The summed E-state index contributed by atoms with van der Waals surface area (Å²) >= 11 is 0. The summed E-state index contributed by atoms with van der Waals surface area (Å²) in [7, 11) is -10.3. The standard InChI is InChI=1S/C23H19F4N5O6S2/c1-3-18(13-8-20(31-21(9-13)39(2,34)35)38-40(36,37)23(25,26)27)30-22(33)17-10-28-12-19-16(17)11-29-32(19)15-6-4-14(24)5-7-15/h4-12,18H,3H2,1-2H3,(H,30,33)/t18-/m0/s1. The quantitative estimate of drug-likeness (QED) is 0.182. The predicted molar refractivity (Wildman–Crippen MR) is 132 cm³/mol. The fourth-order valence-electron chi connectivity index (χ4n) is 3.66. The van der Waals surface area contributed by atoms with E-state index >= 15 is 0 Å². The molecule has 4 aromatic rings. The first-order valence-electron chi connectivity index (χ1n) is 11.2. The van der Waals surface area contributed by atoms with Crippen LogP contribution >= 0.6 is 0 Å². The lowest BCUT2D eigenvalue weighted by molar-refractivity contribution is -0.0501. The summed E-state index contributed by atoms with van der Waals surface area (Å²) in [5, 5.41) is 6.46. The van der Waals surface area contributed by atoms with Crippen LogP contribution < -0.4 is 9.50 Å². The third-order valence-electron chi connectivity index (χ3n) is 5.59. The fraction of sp³-hybridized carbons (Fsp3) is 0.217. The summed E-state index contributed by atoms with van der Waals surface area (Å²) in [4.78, 5) is 20.7. The van der Waals surface area contributed by atoms with E-state index in [0.29, 0.717) is 22.8 Å². The number of sulfone groups is 1. The molecule has 17 heteroatoms. The average Bonchev–Trinajstić information content (AvgIpc) is 3.30. The van der Waals surface area contributed by atoms with Gasteiger partial charge in [-0.15, -0.1) is 0 Å². The van der Waals surface area contributed by atoms with Crippen LogP contribution in [0.4, 0.5) is 17.6 Å². The second kappa shape index (κ2) is 10.5. The third kappa shape index (κ3) is 5.89. The number of hydrogen-bond acceptors (Lipinski definition) is 9. The van der Waals surface area contributed by atoms with Gasteiger partial charge >= 0.3 is 15.6 Å². The zero-order chi connectivity index (χ0) is 29.5. The van der Waals surface area contributed by atoms with E-state index in [-0.39, 0.29) is 17.5 Å². The molecule has 0 spiro atoms. The van der Waals surface area contributed by atoms with Crippen LogP contribution in [0.1, 0.15) is 35.3 Å². The number of carbonyl (C=O) groups is 1. The van der Waals surface area contributed by atoms with Gasteiger partial charge in [0.25, 0.3) is 5.91 Å². The molecular formula is C23H19F4N5O6S2. The zero-order valence-corrected chi connectivity index (χ0v) is 22.2. The van der Waals surface area contributed by atoms with Crippen LogP contribution in [0.2, 0.25) is 0 Å². The summed E-state index contributed by atoms with van der Waals surface area (Å²) < 4.78 is 105. The van der Waals surface area contributed by atoms with Crippen molar-refractivity contribution < 1.29 is 43.4 Å². The molecule has 4 rings (SSSR count). The third-order valence-corrected chi connectivity index (χ3v) is 7.51. The lowest BCUT2D eigenvalue weighted by Gasteiger charge is -2.19. The molecule has 0 aliphatic carbocycles. The number of amides is 1. The first kappa shape index (κ1) is 28.9. The number of rotatable bonds is 8. The zero-order valence-electron chi connectivity index (χ0n) is 20.5. The molecule has 3 aromatic heterocycles. The van der Waals surface area contributed by atoms with E-state index in [9.17, 15) is 39.2 Å². The van der Waals surface area contributed by atoms with Gasteiger partial charge in [-0.05, 0) is 42.3 Å². The number of carbonyl (C=O) groups excluding carboxylic acids is 1. The van der Waals surface area contributed by atoms with Crippen molar-refractivity contribution in [3.05, 3.63) is 71.9 Å². The molecular weight excluding hydrogens is 582 g/mol. The van der Waals surface area contributed by atoms with Crippen LogP contribution in [0.25, 0.3) is 16.6 Å². The second-order valence-electron chi connectivity index (χ2n) is 8.42. The Labute approximate surface area is 224 Å². The van der Waals surface area contributed by atoms with Gasteiger partial charge < -0.3 is 9.50 Å². The second-order valence-corrected chi connectivity index (χ2v) is 11.9. The van der Waals surface area contributed by atoms with Gasteiger partial charge in [0.05, 0.1) is 35.2 Å². The number of nitrogens with one attached hydrogen (secondary N) is 1. The van der Waals surface area contributed by atoms with Crippen molar-refractivity contribution in [2.75, 3.05) is 6.26 Å². The van der Waals surface area contributed by atoms with Gasteiger partial charge in [0, 0.05) is 23.9 Å². The maximum Gasteiger partial charge on any atom is 0.534 e. The molecule has 11 nitrogen and oxygen atoms in total. The van der Waals surface area contributed by atoms with Gasteiger partial charge in [-0.3, -0.25) is 9.78 Å². The van der Waals surface area contributed by atoms with E-state index in [2.05, 4.69) is 24.6 Å². The van der Waals surface area contributed by atoms with E-state index < -0.39 is 54.1 Å². The van der Waals surface area contributed by atoms with E-state index in [1.54, 1.807) is 6.92 Å². The van der Waals surface area contributed by atoms with Gasteiger partial charge in [0.15, 0.2) is 14.9 Å². The Hall–Kier alpha value is -4.12. The number of alkyl halides is 3. The Balaban J connectivity index is 1.70. The summed E-state index contributed by atoms with van der Waals surface area (Å²) in [5.41, 5.74) is -4.92. The molecule has 0 aliphatic heterocycles. The Kier molecular flexibility index (Phi) is 7.55. The maximum absolute atomic E-state index is 13.3. The Bertz CT molecular complexity index is 1810. The van der Waals surface area contributed by atoms with Crippen molar-refractivity contribution in [1.82, 2.24) is 25.1 Å². The van der Waals surface area contributed by atoms with Crippen molar-refractivity contribution in [3.63, 3.8) is 0 Å². The number of fused-ring (bicyclic) bond motifs is 1. The smallest absolute Gasteiger partial charge is 0.355 e. The van der Waals surface area contributed by atoms with Gasteiger partial charge in [0.2, 0.25) is 5.88 Å². The molecule has 0 bridgehead atoms. The minimum atomic E-state index is -6.16. The molecule has 3 heterocycles. The monoisotopic (exact) mass is 601 g/mol. The van der Waals surface area contributed by atoms with Crippen LogP contribution in [-0.2, 0) is 20.0 Å². The number of hydrogen-bond donors (Lipinski definition) is 1. The van der Waals surface area contributed by atoms with Crippen molar-refractivity contribution in [1.29, 1.82) is 0 Å². The van der Waals surface area contributed by atoms with E-state index in [4.69, 9.17) is 0 Å². The van der Waals surface area contributed by atoms with Crippen molar-refractivity contribution in [3.8, 4) is 11.6 Å². The number of aromatic nitrogens is 4. The lowest BCUT2D eigenvalue weighted by atomic mass is 10.0. The Morgan fingerprint density at radius 3 is 2.35 bits per heavy atom. The minimum Gasteiger partial charge on any atom is -0.355 e. The number of nitrogens with zero attached hydrogens (tertiary/aromatic N) is 4. The Morgan fingerprint density at radius 1 is 1.07 bits per heavy atom. The molecule has 0 aliphatic rings. The molecule has 40 heavy (non-hydrogen) atoms. The Morgan fingerprint density at radius 2 is 1.75 bits per heavy atom. The topological polar surface area (TPSA) is 150 Å². The van der Waals surface area contributed by atoms with Gasteiger partial charge in [0.1, 0.15) is 5.82 Å². The highest BCUT2D eigenvalue weighted by Gasteiger charge is 2.49. The van der Waals surface area contributed by atoms with Crippen LogP contribution in [0.15, 0.2) is 60.0 Å². The van der Waals surface area contributed by atoms with Gasteiger partial charge in [-0.25, -0.2) is 22.5 Å². The first-order valence-corrected chi connectivity index (χ1v) is 14.5. The SMILES string of the molecule is CC[C@H](NC(=O)c1cncc2c1cnn2-c1ccc(F)cc1)c1cc(OS(=O)(=O)C(F)(F)F)nc(S(C)(=O)=O)c1. The highest BCUT2D eigenvalue weighted by Crippen LogP contribution is 2.30. The molecule has 1 atom stereocenters. The normalized spacial score (nSPS) is 13.2. The van der Waals surface area contributed by atoms with Crippen molar-refractivity contribution >= 4 is 36.8 Å². The van der Waals surface area contributed by atoms with Crippen molar-refractivity contribution in [2.45, 2.75) is 29.9 Å². The fourth-order valence-corrected chi connectivity index (χ4v) is 4.67. The van der Waals surface area contributed by atoms with Crippen LogP contribution in [-0.4, -0.2) is 54.3 Å². The summed E-state index contributed by atoms with van der Waals surface area (Å²) in [5.74, 6) is -2.30. The molecule has 0 saturated carbocycles. The van der Waals surface area contributed by atoms with E-state index in [0.717, 1.165) is 12.1 Å². The highest BCUT2D eigenvalue weighted by atomic mass is 32.2. The first-order chi connectivity index (χ1) is 18.6. The number of benzene rings is 1. The van der Waals surface area contributed by atoms with Gasteiger partial charge in [-0.1, -0.05) is 6.92 Å². The van der Waals surface area contributed by atoms with Crippen LogP contribution in [0, 0.1) is 5.82 Å². The molecule has 0 fully saturated rings. The molecule has 1 amide bonds. The number of pyridine rings is 2. The summed E-state index contributed by atoms with van der Waals surface area (Å²) in [6.45, 7) is 1.59. The number of halogens is 4. The van der Waals surface area contributed by atoms with Crippen LogP contribution in [0.5, 0.6) is 5.88 Å². The molecule has 0 saturated heterocycles. The average molecular weight is 602 g/mol. The molecule has 0 unspecified atom stereocenters. The molecule has 1 N–H and O–H groups in total. The maximum atomic E-state index is 13.3. The molecule has 1 aromatic carbocycles. The largest absolute Gasteiger partial charge is 0.534 e. The summed E-state index contributed by atoms with van der Waals surface area (Å²) in [6, 6.07) is 6.17.